The molecule has 2 fully saturated rings. The van der Waals surface area contributed by atoms with Crippen LogP contribution in [-0.2, 0) is 24.1 Å². The van der Waals surface area contributed by atoms with Crippen LogP contribution in [0.5, 0.6) is 0 Å². The normalized spacial score (nSPS) is 18.9. The molecule has 3 aromatic rings. The van der Waals surface area contributed by atoms with E-state index in [1.165, 1.54) is 0 Å². The van der Waals surface area contributed by atoms with Crippen LogP contribution >= 0.6 is 12.2 Å². The number of hydrogen-bond donors (Lipinski definition) is 1. The van der Waals surface area contributed by atoms with Gasteiger partial charge in [-0.15, -0.1) is 0 Å². The first kappa shape index (κ1) is 29.3. The molecular weight excluding hydrogens is 528 g/mol. The van der Waals surface area contributed by atoms with Gasteiger partial charge < -0.3 is 15.0 Å². The lowest BCUT2D eigenvalue weighted by Gasteiger charge is -2.40. The van der Waals surface area contributed by atoms with Gasteiger partial charge >= 0.3 is 0 Å². The number of nitrogens with one attached hydrogen (secondary N) is 1. The number of morpholine rings is 1. The highest BCUT2D eigenvalue weighted by Gasteiger charge is 2.33. The van der Waals surface area contributed by atoms with Crippen molar-refractivity contribution in [2.45, 2.75) is 90.8 Å². The zero-order valence-electron chi connectivity index (χ0n) is 24.8. The van der Waals surface area contributed by atoms with Gasteiger partial charge in [0.25, 0.3) is 5.56 Å². The van der Waals surface area contributed by atoms with Crippen LogP contribution in [0, 0.1) is 5.41 Å². The molecule has 2 aliphatic rings. The molecule has 5 rings (SSSR count). The second-order valence-electron chi connectivity index (χ2n) is 11.7. The molecule has 7 heteroatoms. The number of ether oxygens (including phenoxy) is 1. The maximum atomic E-state index is 14.3. The molecule has 1 saturated heterocycles. The number of unbranched alkanes of at least 4 members (excludes halogenated alkanes) is 1. The third kappa shape index (κ3) is 6.52. The first-order valence-electron chi connectivity index (χ1n) is 15.0. The van der Waals surface area contributed by atoms with Crippen molar-refractivity contribution < 1.29 is 4.74 Å². The van der Waals surface area contributed by atoms with Crippen molar-refractivity contribution in [1.82, 2.24) is 14.5 Å². The molecule has 6 nitrogen and oxygen atoms in total. The summed E-state index contributed by atoms with van der Waals surface area (Å²) in [5.41, 5.74) is 6.45. The lowest BCUT2D eigenvalue weighted by molar-refractivity contribution is -0.000123. The maximum absolute atomic E-state index is 14.3. The molecule has 2 unspecified atom stereocenters. The van der Waals surface area contributed by atoms with Gasteiger partial charge in [0.05, 0.1) is 42.5 Å². The molecule has 1 aliphatic heterocycles. The van der Waals surface area contributed by atoms with Crippen molar-refractivity contribution in [2.24, 2.45) is 0 Å². The molecule has 0 radical (unpaired) electrons. The van der Waals surface area contributed by atoms with Crippen molar-refractivity contribution in [1.29, 1.82) is 5.41 Å². The maximum Gasteiger partial charge on any atom is 0.257 e. The van der Waals surface area contributed by atoms with Crippen LogP contribution in [0.25, 0.3) is 11.1 Å². The van der Waals surface area contributed by atoms with Crippen LogP contribution in [0.15, 0.2) is 53.3 Å². The molecule has 1 aromatic heterocycles. The van der Waals surface area contributed by atoms with E-state index >= 15 is 0 Å². The molecular formula is C34H42N4O2S. The molecule has 2 atom stereocenters. The Kier molecular flexibility index (Phi) is 9.15. The summed E-state index contributed by atoms with van der Waals surface area (Å²) in [6, 6.07) is 16.8. The molecule has 0 spiro atoms. The second-order valence-corrected chi connectivity index (χ2v) is 12.2. The number of thiocarbonyl (C=S) groups is 1. The van der Waals surface area contributed by atoms with E-state index in [-0.39, 0.29) is 17.6 Å². The van der Waals surface area contributed by atoms with E-state index in [0.717, 1.165) is 76.4 Å². The van der Waals surface area contributed by atoms with Crippen molar-refractivity contribution in [3.63, 3.8) is 0 Å². The Labute approximate surface area is 249 Å². The average molecular weight is 571 g/mol. The highest BCUT2D eigenvalue weighted by molar-refractivity contribution is 7.80. The second kappa shape index (κ2) is 12.8. The van der Waals surface area contributed by atoms with Gasteiger partial charge in [-0.3, -0.25) is 9.36 Å². The van der Waals surface area contributed by atoms with E-state index in [4.69, 9.17) is 27.3 Å². The molecule has 1 saturated carbocycles. The minimum atomic E-state index is 0.0535. The summed E-state index contributed by atoms with van der Waals surface area (Å²) in [5.74, 6) is 1.25. The van der Waals surface area contributed by atoms with Crippen molar-refractivity contribution in [3.05, 3.63) is 87.1 Å². The SMILES string of the molecule is CCCCc1nc(C2CC2)c(CC(=S)N2C(C)COCC2C)c(=O)n1Cc1ccc(-c2ccccc2C(C)=N)cc1. The Morgan fingerprint density at radius 1 is 1.07 bits per heavy atom. The summed E-state index contributed by atoms with van der Waals surface area (Å²) >= 11 is 5.98. The molecule has 41 heavy (non-hydrogen) atoms. The molecule has 216 valence electrons. The smallest absolute Gasteiger partial charge is 0.257 e. The largest absolute Gasteiger partial charge is 0.377 e. The van der Waals surface area contributed by atoms with Gasteiger partial charge in [0.15, 0.2) is 0 Å². The Hall–Kier alpha value is -3.16. The quantitative estimate of drug-likeness (QED) is 0.221. The van der Waals surface area contributed by atoms with Crippen LogP contribution in [0.4, 0.5) is 0 Å². The van der Waals surface area contributed by atoms with E-state index in [1.807, 2.05) is 29.7 Å². The van der Waals surface area contributed by atoms with E-state index in [0.29, 0.717) is 37.8 Å². The van der Waals surface area contributed by atoms with E-state index < -0.39 is 0 Å². The number of hydrogen-bond acceptors (Lipinski definition) is 5. The topological polar surface area (TPSA) is 71.2 Å². The molecule has 0 bridgehead atoms. The van der Waals surface area contributed by atoms with Crippen LogP contribution < -0.4 is 5.56 Å². The summed E-state index contributed by atoms with van der Waals surface area (Å²) in [6.45, 7) is 10.1. The lowest BCUT2D eigenvalue weighted by atomic mass is 9.96. The number of aryl methyl sites for hydroxylation is 1. The predicted octanol–water partition coefficient (Wildman–Crippen LogP) is 6.55. The van der Waals surface area contributed by atoms with Gasteiger partial charge in [-0.2, -0.15) is 0 Å². The Morgan fingerprint density at radius 2 is 1.76 bits per heavy atom. The van der Waals surface area contributed by atoms with Crippen LogP contribution in [0.3, 0.4) is 0 Å². The van der Waals surface area contributed by atoms with Crippen LogP contribution in [0.1, 0.15) is 87.5 Å². The van der Waals surface area contributed by atoms with Crippen molar-refractivity contribution in [2.75, 3.05) is 13.2 Å². The average Bonchev–Trinajstić information content (AvgIpc) is 3.80. The van der Waals surface area contributed by atoms with Gasteiger partial charge in [0.1, 0.15) is 5.82 Å². The molecule has 2 aromatic carbocycles. The summed E-state index contributed by atoms with van der Waals surface area (Å²) in [4.78, 5) is 22.6. The third-order valence-electron chi connectivity index (χ3n) is 8.31. The lowest BCUT2D eigenvalue weighted by Crippen LogP contribution is -2.52. The minimum absolute atomic E-state index is 0.0535. The number of rotatable bonds is 10. The van der Waals surface area contributed by atoms with Crippen molar-refractivity contribution in [3.8, 4) is 11.1 Å². The molecule has 1 N–H and O–H groups in total. The fraction of sp³-hybridized carbons (Fsp3) is 0.471. The monoisotopic (exact) mass is 570 g/mol. The fourth-order valence-corrected chi connectivity index (χ4v) is 6.48. The number of nitrogens with zero attached hydrogens (tertiary/aromatic N) is 3. The highest BCUT2D eigenvalue weighted by Crippen LogP contribution is 2.40. The van der Waals surface area contributed by atoms with E-state index in [2.05, 4.69) is 56.0 Å². The van der Waals surface area contributed by atoms with Gasteiger partial charge in [-0.25, -0.2) is 4.98 Å². The van der Waals surface area contributed by atoms with Gasteiger partial charge in [-0.1, -0.05) is 74.1 Å². The number of aromatic nitrogens is 2. The molecule has 0 amide bonds. The zero-order chi connectivity index (χ0) is 29.1. The predicted molar refractivity (Wildman–Crippen MR) is 170 cm³/mol. The third-order valence-corrected chi connectivity index (χ3v) is 8.67. The summed E-state index contributed by atoms with van der Waals surface area (Å²) in [6.07, 6.45) is 5.47. The van der Waals surface area contributed by atoms with Crippen molar-refractivity contribution >= 4 is 22.9 Å². The van der Waals surface area contributed by atoms with E-state index in [1.54, 1.807) is 0 Å². The Bertz CT molecular complexity index is 1470. The summed E-state index contributed by atoms with van der Waals surface area (Å²) < 4.78 is 7.62. The zero-order valence-corrected chi connectivity index (χ0v) is 25.6. The van der Waals surface area contributed by atoms with Gasteiger partial charge in [-0.05, 0) is 56.7 Å². The first-order valence-corrected chi connectivity index (χ1v) is 15.4. The first-order chi connectivity index (χ1) is 19.8. The summed E-state index contributed by atoms with van der Waals surface area (Å²) in [7, 11) is 0. The van der Waals surface area contributed by atoms with E-state index in [9.17, 15) is 4.79 Å². The van der Waals surface area contributed by atoms with Gasteiger partial charge in [0, 0.05) is 35.6 Å². The standard InChI is InChI=1S/C34H42N4O2S/c1-5-6-11-31-36-33(27-16-17-27)30(18-32(41)38-22(2)20-40-21-23(38)3)34(39)37(31)19-25-12-14-26(15-13-25)29-10-8-7-9-28(29)24(4)35/h7-10,12-15,22-23,27,35H,5-6,11,16-21H2,1-4H3. The van der Waals surface area contributed by atoms with Gasteiger partial charge in [0.2, 0.25) is 0 Å². The Morgan fingerprint density at radius 3 is 2.39 bits per heavy atom. The number of benzene rings is 2. The molecule has 2 heterocycles. The fourth-order valence-electron chi connectivity index (χ4n) is 5.98. The highest BCUT2D eigenvalue weighted by atomic mass is 32.1. The van der Waals surface area contributed by atoms with Crippen LogP contribution in [-0.4, -0.2) is 50.4 Å². The summed E-state index contributed by atoms with van der Waals surface area (Å²) in [5, 5.41) is 8.16. The minimum Gasteiger partial charge on any atom is -0.377 e. The van der Waals surface area contributed by atoms with Crippen LogP contribution in [0.2, 0.25) is 0 Å². The Balaban J connectivity index is 1.49. The molecule has 1 aliphatic carbocycles.